The minimum atomic E-state index is -4.37. The van der Waals surface area contributed by atoms with Gasteiger partial charge in [-0.05, 0) is 32.5 Å². The van der Waals surface area contributed by atoms with Crippen LogP contribution in [0.2, 0.25) is 0 Å². The number of halogens is 4. The van der Waals surface area contributed by atoms with E-state index >= 15 is 0 Å². The molecular formula is C20H33F3IN5O. The number of aliphatic imine (C=N–C) groups is 1. The molecule has 0 aromatic heterocycles. The standard InChI is InChI=1S/C20H32F3N5O.HI/c1-15-5-6-17(18(11-15)29-14-20(21,22)23)13-26-19(24-3)25-12-16(2)28-9-7-27(4)8-10-28;/h5-6,11,16H,7-10,12-14H2,1-4H3,(H2,24,25,26);1H. The molecule has 0 saturated carbocycles. The first kappa shape index (κ1) is 26.8. The zero-order valence-electron chi connectivity index (χ0n) is 18.1. The van der Waals surface area contributed by atoms with Crippen LogP contribution in [0.4, 0.5) is 13.2 Å². The van der Waals surface area contributed by atoms with Gasteiger partial charge in [0.2, 0.25) is 0 Å². The predicted molar refractivity (Wildman–Crippen MR) is 125 cm³/mol. The molecule has 2 rings (SSSR count). The maximum absolute atomic E-state index is 12.5. The Morgan fingerprint density at radius 1 is 1.20 bits per heavy atom. The number of likely N-dealkylation sites (N-methyl/N-ethyl adjacent to an activating group) is 1. The van der Waals surface area contributed by atoms with Crippen LogP contribution in [-0.2, 0) is 6.54 Å². The maximum Gasteiger partial charge on any atom is 0.422 e. The van der Waals surface area contributed by atoms with E-state index in [2.05, 4.69) is 39.4 Å². The lowest BCUT2D eigenvalue weighted by molar-refractivity contribution is -0.153. The van der Waals surface area contributed by atoms with Gasteiger partial charge in [0, 0.05) is 57.9 Å². The molecule has 1 heterocycles. The minimum Gasteiger partial charge on any atom is -0.484 e. The molecule has 0 aliphatic carbocycles. The first-order valence-electron chi connectivity index (χ1n) is 9.84. The quantitative estimate of drug-likeness (QED) is 0.315. The summed E-state index contributed by atoms with van der Waals surface area (Å²) >= 11 is 0. The van der Waals surface area contributed by atoms with Crippen molar-refractivity contribution in [3.05, 3.63) is 29.3 Å². The van der Waals surface area contributed by atoms with E-state index in [1.165, 1.54) is 0 Å². The SMILES string of the molecule is CN=C(NCc1ccc(C)cc1OCC(F)(F)F)NCC(C)N1CCN(C)CC1.I. The molecule has 172 valence electrons. The number of rotatable bonds is 7. The Hall–Kier alpha value is -1.27. The van der Waals surface area contributed by atoms with Crippen LogP contribution in [0.1, 0.15) is 18.1 Å². The third-order valence-corrected chi connectivity index (χ3v) is 5.01. The van der Waals surface area contributed by atoms with Crippen molar-refractivity contribution in [3.63, 3.8) is 0 Å². The second-order valence-electron chi connectivity index (χ2n) is 7.51. The van der Waals surface area contributed by atoms with Crippen molar-refractivity contribution < 1.29 is 17.9 Å². The average Bonchev–Trinajstić information content (AvgIpc) is 2.67. The second kappa shape index (κ2) is 12.6. The summed E-state index contributed by atoms with van der Waals surface area (Å²) in [5.74, 6) is 0.837. The van der Waals surface area contributed by atoms with Crippen LogP contribution in [0.25, 0.3) is 0 Å². The van der Waals surface area contributed by atoms with Gasteiger partial charge in [-0.1, -0.05) is 12.1 Å². The van der Waals surface area contributed by atoms with E-state index in [-0.39, 0.29) is 29.7 Å². The molecule has 1 atom stereocenters. The summed E-state index contributed by atoms with van der Waals surface area (Å²) in [6.45, 7) is 7.93. The maximum atomic E-state index is 12.5. The number of nitrogens with zero attached hydrogens (tertiary/aromatic N) is 3. The average molecular weight is 543 g/mol. The van der Waals surface area contributed by atoms with Crippen LogP contribution in [0.15, 0.2) is 23.2 Å². The summed E-state index contributed by atoms with van der Waals surface area (Å²) < 4.78 is 42.5. The lowest BCUT2D eigenvalue weighted by atomic mass is 10.1. The molecule has 1 aromatic rings. The van der Waals surface area contributed by atoms with Crippen molar-refractivity contribution >= 4 is 29.9 Å². The molecule has 0 amide bonds. The first-order chi connectivity index (χ1) is 13.7. The molecule has 1 unspecified atom stereocenters. The van der Waals surface area contributed by atoms with E-state index in [4.69, 9.17) is 4.74 Å². The highest BCUT2D eigenvalue weighted by Gasteiger charge is 2.28. The number of hydrogen-bond acceptors (Lipinski definition) is 4. The third-order valence-electron chi connectivity index (χ3n) is 5.01. The largest absolute Gasteiger partial charge is 0.484 e. The summed E-state index contributed by atoms with van der Waals surface area (Å²) in [7, 11) is 3.80. The zero-order chi connectivity index (χ0) is 21.4. The lowest BCUT2D eigenvalue weighted by Gasteiger charge is -2.36. The number of benzene rings is 1. The van der Waals surface area contributed by atoms with Gasteiger partial charge < -0.3 is 20.3 Å². The number of alkyl halides is 3. The number of hydrogen-bond donors (Lipinski definition) is 2. The van der Waals surface area contributed by atoms with Gasteiger partial charge in [-0.15, -0.1) is 24.0 Å². The molecule has 1 saturated heterocycles. The molecule has 0 radical (unpaired) electrons. The summed E-state index contributed by atoms with van der Waals surface area (Å²) in [6, 6.07) is 5.60. The Morgan fingerprint density at radius 2 is 1.87 bits per heavy atom. The predicted octanol–water partition coefficient (Wildman–Crippen LogP) is 2.86. The molecule has 1 fully saturated rings. The van der Waals surface area contributed by atoms with Crippen molar-refractivity contribution in [2.45, 2.75) is 32.6 Å². The molecule has 1 aromatic carbocycles. The molecule has 1 aliphatic heterocycles. The third kappa shape index (κ3) is 9.25. The fourth-order valence-electron chi connectivity index (χ4n) is 3.14. The summed E-state index contributed by atoms with van der Waals surface area (Å²) in [5, 5.41) is 6.46. The van der Waals surface area contributed by atoms with E-state index < -0.39 is 12.8 Å². The van der Waals surface area contributed by atoms with Crippen molar-refractivity contribution in [1.82, 2.24) is 20.4 Å². The molecule has 0 bridgehead atoms. The van der Waals surface area contributed by atoms with Crippen LogP contribution in [0, 0.1) is 6.92 Å². The summed E-state index contributed by atoms with van der Waals surface area (Å²) in [4.78, 5) is 8.96. The van der Waals surface area contributed by atoms with Crippen LogP contribution in [0.5, 0.6) is 5.75 Å². The fraction of sp³-hybridized carbons (Fsp3) is 0.650. The molecule has 2 N–H and O–H groups in total. The highest BCUT2D eigenvalue weighted by atomic mass is 127. The molecule has 6 nitrogen and oxygen atoms in total. The number of piperazine rings is 1. The number of ether oxygens (including phenoxy) is 1. The van der Waals surface area contributed by atoms with Crippen molar-refractivity contribution in [2.24, 2.45) is 4.99 Å². The number of guanidine groups is 1. The minimum absolute atomic E-state index is 0. The van der Waals surface area contributed by atoms with E-state index in [1.807, 2.05) is 13.0 Å². The van der Waals surface area contributed by atoms with Crippen molar-refractivity contribution in [1.29, 1.82) is 0 Å². The fourth-order valence-corrected chi connectivity index (χ4v) is 3.14. The van der Waals surface area contributed by atoms with E-state index in [1.54, 1.807) is 19.2 Å². The number of nitrogens with one attached hydrogen (secondary N) is 2. The number of aryl methyl sites for hydroxylation is 1. The van der Waals surface area contributed by atoms with Crippen molar-refractivity contribution in [3.8, 4) is 5.75 Å². The Morgan fingerprint density at radius 3 is 2.47 bits per heavy atom. The van der Waals surface area contributed by atoms with Gasteiger partial charge in [0.05, 0.1) is 0 Å². The van der Waals surface area contributed by atoms with E-state index in [0.29, 0.717) is 24.1 Å². The molecule has 10 heteroatoms. The zero-order valence-corrected chi connectivity index (χ0v) is 20.4. The Balaban J connectivity index is 0.00000450. The smallest absolute Gasteiger partial charge is 0.422 e. The monoisotopic (exact) mass is 543 g/mol. The Bertz CT molecular complexity index is 679. The Kier molecular flexibility index (Phi) is 11.2. The molecule has 30 heavy (non-hydrogen) atoms. The van der Waals surface area contributed by atoms with Crippen LogP contribution in [-0.4, -0.2) is 81.4 Å². The van der Waals surface area contributed by atoms with E-state index in [0.717, 1.165) is 38.3 Å². The van der Waals surface area contributed by atoms with Gasteiger partial charge in [0.15, 0.2) is 12.6 Å². The highest BCUT2D eigenvalue weighted by Crippen LogP contribution is 2.23. The lowest BCUT2D eigenvalue weighted by Crippen LogP contribution is -2.52. The van der Waals surface area contributed by atoms with Gasteiger partial charge in [0.25, 0.3) is 0 Å². The van der Waals surface area contributed by atoms with E-state index in [9.17, 15) is 13.2 Å². The Labute approximate surface area is 194 Å². The van der Waals surface area contributed by atoms with Gasteiger partial charge in [-0.3, -0.25) is 9.89 Å². The van der Waals surface area contributed by atoms with Crippen molar-refractivity contribution in [2.75, 3.05) is 53.4 Å². The first-order valence-corrected chi connectivity index (χ1v) is 9.84. The second-order valence-corrected chi connectivity index (χ2v) is 7.51. The van der Waals surface area contributed by atoms with Crippen LogP contribution < -0.4 is 15.4 Å². The topological polar surface area (TPSA) is 52.1 Å². The molecule has 1 aliphatic rings. The molecular weight excluding hydrogens is 510 g/mol. The normalized spacial score (nSPS) is 17.2. The van der Waals surface area contributed by atoms with Crippen LogP contribution in [0.3, 0.4) is 0 Å². The van der Waals surface area contributed by atoms with Gasteiger partial charge in [-0.2, -0.15) is 13.2 Å². The van der Waals surface area contributed by atoms with Gasteiger partial charge in [0.1, 0.15) is 5.75 Å². The highest BCUT2D eigenvalue weighted by molar-refractivity contribution is 14.0. The summed E-state index contributed by atoms with van der Waals surface area (Å²) in [6.07, 6.45) is -4.37. The van der Waals surface area contributed by atoms with Crippen LogP contribution >= 0.6 is 24.0 Å². The van der Waals surface area contributed by atoms with Gasteiger partial charge >= 0.3 is 6.18 Å². The molecule has 0 spiro atoms. The summed E-state index contributed by atoms with van der Waals surface area (Å²) in [5.41, 5.74) is 1.49. The van der Waals surface area contributed by atoms with Gasteiger partial charge in [-0.25, -0.2) is 0 Å².